The van der Waals surface area contributed by atoms with Crippen LogP contribution in [0.15, 0.2) is 103 Å². The molecule has 5 aromatic carbocycles. The summed E-state index contributed by atoms with van der Waals surface area (Å²) < 4.78 is 21.3. The third-order valence-electron chi connectivity index (χ3n) is 8.78. The van der Waals surface area contributed by atoms with Crippen LogP contribution < -0.4 is 9.47 Å². The van der Waals surface area contributed by atoms with E-state index in [0.717, 1.165) is 42.4 Å². The Morgan fingerprint density at radius 3 is 1.50 bits per heavy atom. The third kappa shape index (κ3) is 9.60. The molecule has 0 spiro atoms. The van der Waals surface area contributed by atoms with Crippen LogP contribution in [0.2, 0.25) is 0 Å². The minimum atomic E-state index is -0.495. The molecule has 8 heteroatoms. The Balaban J connectivity index is 1.09. The van der Waals surface area contributed by atoms with Crippen LogP contribution in [-0.4, -0.2) is 37.6 Å². The van der Waals surface area contributed by atoms with Gasteiger partial charge in [0.2, 0.25) is 0 Å². The normalized spacial score (nSPS) is 10.7. The van der Waals surface area contributed by atoms with Crippen LogP contribution in [0.5, 0.6) is 11.5 Å². The van der Waals surface area contributed by atoms with Gasteiger partial charge in [0, 0.05) is 0 Å². The Labute approximate surface area is 304 Å². The standard InChI is InChI=1S/C44H42O8/c1-28-23-32(27-33-25-30(3)40(31(4)26-33)52-44(48)37-18-14-34(15-19-37)41(45)49-5)24-29(2)39(28)13-9-10-22-50-42(46)35-16-20-36(21-17-35)43(47)51-38-11-7-6-8-12-38/h6-8,11-12,14-21,23-26H,9-10,13,22,27H2,1-5H3. The van der Waals surface area contributed by atoms with Crippen molar-refractivity contribution in [2.75, 3.05) is 13.7 Å². The zero-order valence-electron chi connectivity index (χ0n) is 30.1. The first-order valence-corrected chi connectivity index (χ1v) is 17.2. The zero-order chi connectivity index (χ0) is 37.2. The molecule has 0 aliphatic rings. The summed E-state index contributed by atoms with van der Waals surface area (Å²) >= 11 is 0. The van der Waals surface area contributed by atoms with E-state index in [9.17, 15) is 19.2 Å². The Bertz CT molecular complexity index is 2020. The van der Waals surface area contributed by atoms with Gasteiger partial charge in [-0.15, -0.1) is 0 Å². The van der Waals surface area contributed by atoms with Crippen molar-refractivity contribution in [2.45, 2.75) is 53.4 Å². The van der Waals surface area contributed by atoms with Gasteiger partial charge in [-0.25, -0.2) is 19.2 Å². The van der Waals surface area contributed by atoms with E-state index in [2.05, 4.69) is 26.0 Å². The van der Waals surface area contributed by atoms with Crippen LogP contribution >= 0.6 is 0 Å². The van der Waals surface area contributed by atoms with Crippen LogP contribution in [0.25, 0.3) is 0 Å². The van der Waals surface area contributed by atoms with Gasteiger partial charge >= 0.3 is 23.9 Å². The van der Waals surface area contributed by atoms with Gasteiger partial charge in [0.25, 0.3) is 0 Å². The van der Waals surface area contributed by atoms with E-state index in [1.807, 2.05) is 32.0 Å². The number of unbranched alkanes of at least 4 members (excludes halogenated alkanes) is 1. The number of carbonyl (C=O) groups excluding carboxylic acids is 4. The second-order valence-electron chi connectivity index (χ2n) is 12.8. The van der Waals surface area contributed by atoms with E-state index in [1.54, 1.807) is 60.7 Å². The van der Waals surface area contributed by atoms with Crippen molar-refractivity contribution in [1.82, 2.24) is 0 Å². The maximum atomic E-state index is 12.9. The molecule has 0 saturated carbocycles. The smallest absolute Gasteiger partial charge is 0.343 e. The number of hydrogen-bond acceptors (Lipinski definition) is 8. The van der Waals surface area contributed by atoms with Gasteiger partial charge in [-0.05, 0) is 153 Å². The minimum absolute atomic E-state index is 0.304. The SMILES string of the molecule is COC(=O)c1ccc(C(=O)Oc2c(C)cc(Cc3cc(C)c(CCCCOC(=O)c4ccc(C(=O)Oc5ccccc5)cc4)c(C)c3)cc2C)cc1. The van der Waals surface area contributed by atoms with Crippen molar-refractivity contribution in [2.24, 2.45) is 0 Å². The summed E-state index contributed by atoms with van der Waals surface area (Å²) in [5.74, 6) is -0.902. The second kappa shape index (κ2) is 17.3. The van der Waals surface area contributed by atoms with Crippen LogP contribution in [0.3, 0.4) is 0 Å². The summed E-state index contributed by atoms with van der Waals surface area (Å²) in [4.78, 5) is 49.5. The van der Waals surface area contributed by atoms with Gasteiger partial charge in [-0.2, -0.15) is 0 Å². The molecule has 266 valence electrons. The fourth-order valence-electron chi connectivity index (χ4n) is 6.18. The van der Waals surface area contributed by atoms with Crippen molar-refractivity contribution in [1.29, 1.82) is 0 Å². The average Bonchev–Trinajstić information content (AvgIpc) is 3.14. The molecule has 0 heterocycles. The van der Waals surface area contributed by atoms with Crippen molar-refractivity contribution in [3.63, 3.8) is 0 Å². The predicted octanol–water partition coefficient (Wildman–Crippen LogP) is 8.92. The number of carbonyl (C=O) groups is 4. The van der Waals surface area contributed by atoms with Crippen LogP contribution in [-0.2, 0) is 22.3 Å². The van der Waals surface area contributed by atoms with Crippen molar-refractivity contribution in [3.05, 3.63) is 164 Å². The maximum Gasteiger partial charge on any atom is 0.343 e. The number of para-hydroxylation sites is 1. The van der Waals surface area contributed by atoms with E-state index in [-0.39, 0.29) is 0 Å². The topological polar surface area (TPSA) is 105 Å². The summed E-state index contributed by atoms with van der Waals surface area (Å²) in [6.07, 6.45) is 3.20. The first-order valence-electron chi connectivity index (χ1n) is 17.2. The van der Waals surface area contributed by atoms with Gasteiger partial charge in [0.1, 0.15) is 11.5 Å². The molecule has 0 unspecified atom stereocenters. The molecule has 5 rings (SSSR count). The van der Waals surface area contributed by atoms with Crippen molar-refractivity contribution < 1.29 is 38.1 Å². The second-order valence-corrected chi connectivity index (χ2v) is 12.8. The number of ether oxygens (including phenoxy) is 4. The van der Waals surface area contributed by atoms with E-state index >= 15 is 0 Å². The molecule has 0 aliphatic heterocycles. The van der Waals surface area contributed by atoms with Crippen LogP contribution in [0.4, 0.5) is 0 Å². The van der Waals surface area contributed by atoms with Gasteiger partial charge < -0.3 is 18.9 Å². The summed E-state index contributed by atoms with van der Waals surface area (Å²) in [5.41, 5.74) is 9.20. The molecule has 0 aromatic heterocycles. The number of esters is 4. The molecule has 0 saturated heterocycles. The summed E-state index contributed by atoms with van der Waals surface area (Å²) in [6, 6.07) is 29.8. The number of rotatable bonds is 13. The first-order chi connectivity index (χ1) is 25.0. The van der Waals surface area contributed by atoms with Crippen molar-refractivity contribution in [3.8, 4) is 11.5 Å². The van der Waals surface area contributed by atoms with E-state index in [0.29, 0.717) is 40.4 Å². The highest BCUT2D eigenvalue weighted by Gasteiger charge is 2.16. The molecule has 0 atom stereocenters. The molecule has 52 heavy (non-hydrogen) atoms. The van der Waals surface area contributed by atoms with Crippen molar-refractivity contribution >= 4 is 23.9 Å². The van der Waals surface area contributed by atoms with Gasteiger partial charge in [0.05, 0.1) is 36.0 Å². The summed E-state index contributed by atoms with van der Waals surface area (Å²) in [7, 11) is 1.31. The largest absolute Gasteiger partial charge is 0.465 e. The number of benzene rings is 5. The number of aryl methyl sites for hydroxylation is 4. The van der Waals surface area contributed by atoms with Gasteiger partial charge in [0.15, 0.2) is 0 Å². The zero-order valence-corrected chi connectivity index (χ0v) is 30.1. The van der Waals surface area contributed by atoms with Crippen LogP contribution in [0, 0.1) is 27.7 Å². The summed E-state index contributed by atoms with van der Waals surface area (Å²) in [5, 5.41) is 0. The number of methoxy groups -OCH3 is 1. The lowest BCUT2D eigenvalue weighted by Crippen LogP contribution is -2.11. The molecular formula is C44H42O8. The van der Waals surface area contributed by atoms with E-state index < -0.39 is 23.9 Å². The molecule has 0 radical (unpaired) electrons. The fourth-order valence-corrected chi connectivity index (χ4v) is 6.18. The lowest BCUT2D eigenvalue weighted by atomic mass is 9.92. The first kappa shape index (κ1) is 37.2. The highest BCUT2D eigenvalue weighted by molar-refractivity contribution is 5.95. The molecule has 8 nitrogen and oxygen atoms in total. The Kier molecular flexibility index (Phi) is 12.4. The van der Waals surface area contributed by atoms with E-state index in [1.165, 1.54) is 41.5 Å². The minimum Gasteiger partial charge on any atom is -0.465 e. The molecule has 0 bridgehead atoms. The van der Waals surface area contributed by atoms with Gasteiger partial charge in [-0.1, -0.05) is 42.5 Å². The average molecular weight is 699 g/mol. The Morgan fingerprint density at radius 2 is 0.981 bits per heavy atom. The molecule has 0 amide bonds. The summed E-state index contributed by atoms with van der Waals surface area (Å²) in [6.45, 7) is 8.41. The molecular weight excluding hydrogens is 656 g/mol. The highest BCUT2D eigenvalue weighted by atomic mass is 16.5. The van der Waals surface area contributed by atoms with Crippen LogP contribution in [0.1, 0.15) is 93.2 Å². The molecule has 0 aliphatic carbocycles. The Hall–Kier alpha value is -6.02. The fraction of sp³-hybridized carbons (Fsp3) is 0.227. The Morgan fingerprint density at radius 1 is 0.519 bits per heavy atom. The predicted molar refractivity (Wildman–Crippen MR) is 198 cm³/mol. The molecule has 0 N–H and O–H groups in total. The highest BCUT2D eigenvalue weighted by Crippen LogP contribution is 2.28. The lowest BCUT2D eigenvalue weighted by molar-refractivity contribution is 0.0496. The molecule has 5 aromatic rings. The third-order valence-corrected chi connectivity index (χ3v) is 8.78. The lowest BCUT2D eigenvalue weighted by Gasteiger charge is -2.15. The number of hydrogen-bond donors (Lipinski definition) is 0. The quantitative estimate of drug-likeness (QED) is 0.0682. The monoisotopic (exact) mass is 698 g/mol. The van der Waals surface area contributed by atoms with E-state index in [4.69, 9.17) is 18.9 Å². The van der Waals surface area contributed by atoms with Gasteiger partial charge in [-0.3, -0.25) is 0 Å². The molecule has 0 fully saturated rings. The maximum absolute atomic E-state index is 12.9.